The molecule has 0 saturated carbocycles. The van der Waals surface area contributed by atoms with Gasteiger partial charge in [-0.05, 0) is 62.1 Å². The van der Waals surface area contributed by atoms with Crippen molar-refractivity contribution >= 4 is 16.0 Å². The molecule has 0 radical (unpaired) electrons. The van der Waals surface area contributed by atoms with Gasteiger partial charge in [0.2, 0.25) is 10.0 Å². The quantitative estimate of drug-likeness (QED) is 0.719. The lowest BCUT2D eigenvalue weighted by Gasteiger charge is -2.12. The van der Waals surface area contributed by atoms with Gasteiger partial charge in [0, 0.05) is 13.2 Å². The second kappa shape index (κ2) is 8.86. The summed E-state index contributed by atoms with van der Waals surface area (Å²) in [6.45, 7) is 5.05. The van der Waals surface area contributed by atoms with Gasteiger partial charge >= 0.3 is 5.97 Å². The Bertz CT molecular complexity index is 932. The van der Waals surface area contributed by atoms with Crippen molar-refractivity contribution in [2.45, 2.75) is 44.3 Å². The molecule has 0 amide bonds. The summed E-state index contributed by atoms with van der Waals surface area (Å²) in [6, 6.07) is 11.7. The number of benzene rings is 2. The molecule has 1 aliphatic heterocycles. The normalized spacial score (nSPS) is 16.9. The van der Waals surface area contributed by atoms with Crippen molar-refractivity contribution in [3.8, 4) is 0 Å². The maximum absolute atomic E-state index is 12.4. The van der Waals surface area contributed by atoms with Crippen LogP contribution in [0, 0.1) is 13.8 Å². The number of esters is 1. The minimum atomic E-state index is -3.64. The molecule has 6 nitrogen and oxygen atoms in total. The highest BCUT2D eigenvalue weighted by Crippen LogP contribution is 2.16. The highest BCUT2D eigenvalue weighted by atomic mass is 32.2. The van der Waals surface area contributed by atoms with Crippen LogP contribution in [0.5, 0.6) is 0 Å². The smallest absolute Gasteiger partial charge is 0.338 e. The zero-order valence-electron chi connectivity index (χ0n) is 16.1. The van der Waals surface area contributed by atoms with Crippen LogP contribution in [0.1, 0.15) is 39.9 Å². The summed E-state index contributed by atoms with van der Waals surface area (Å²) in [5, 5.41) is 0. The second-order valence-electron chi connectivity index (χ2n) is 7.02. The zero-order valence-corrected chi connectivity index (χ0v) is 16.9. The van der Waals surface area contributed by atoms with Gasteiger partial charge in [0.05, 0.1) is 16.6 Å². The SMILES string of the molecule is Cc1ccc(C)c(COC(=O)c2ccc(S(=O)(=O)NCC3CCCO3)cc2)c1. The van der Waals surface area contributed by atoms with E-state index >= 15 is 0 Å². The van der Waals surface area contributed by atoms with Crippen molar-refractivity contribution < 1.29 is 22.7 Å². The molecule has 28 heavy (non-hydrogen) atoms. The number of rotatable bonds is 7. The molecule has 1 aliphatic rings. The Morgan fingerprint density at radius 3 is 2.61 bits per heavy atom. The Balaban J connectivity index is 1.59. The van der Waals surface area contributed by atoms with Crippen molar-refractivity contribution in [3.05, 3.63) is 64.7 Å². The molecule has 1 saturated heterocycles. The number of sulfonamides is 1. The van der Waals surface area contributed by atoms with E-state index in [1.165, 1.54) is 24.3 Å². The van der Waals surface area contributed by atoms with E-state index in [1.54, 1.807) is 0 Å². The first-order chi connectivity index (χ1) is 13.3. The molecule has 1 unspecified atom stereocenters. The second-order valence-corrected chi connectivity index (χ2v) is 8.78. The van der Waals surface area contributed by atoms with E-state index in [2.05, 4.69) is 4.72 Å². The van der Waals surface area contributed by atoms with Gasteiger partial charge in [-0.15, -0.1) is 0 Å². The summed E-state index contributed by atoms with van der Waals surface area (Å²) in [7, 11) is -3.64. The van der Waals surface area contributed by atoms with Crippen molar-refractivity contribution in [2.24, 2.45) is 0 Å². The van der Waals surface area contributed by atoms with Gasteiger partial charge < -0.3 is 9.47 Å². The summed E-state index contributed by atoms with van der Waals surface area (Å²) >= 11 is 0. The van der Waals surface area contributed by atoms with Crippen LogP contribution < -0.4 is 4.72 Å². The minimum Gasteiger partial charge on any atom is -0.457 e. The third-order valence-electron chi connectivity index (χ3n) is 4.79. The van der Waals surface area contributed by atoms with E-state index in [0.29, 0.717) is 12.2 Å². The van der Waals surface area contributed by atoms with E-state index in [0.717, 1.165) is 29.5 Å². The number of aryl methyl sites for hydroxylation is 2. The molecule has 2 aromatic rings. The molecule has 0 spiro atoms. The number of carbonyl (C=O) groups is 1. The van der Waals surface area contributed by atoms with Crippen LogP contribution in [0.25, 0.3) is 0 Å². The minimum absolute atomic E-state index is 0.0749. The van der Waals surface area contributed by atoms with Crippen molar-refractivity contribution in [2.75, 3.05) is 13.2 Å². The molecule has 3 rings (SSSR count). The lowest BCUT2D eigenvalue weighted by Crippen LogP contribution is -2.31. The molecule has 7 heteroatoms. The number of nitrogens with one attached hydrogen (secondary N) is 1. The molecular formula is C21H25NO5S. The maximum Gasteiger partial charge on any atom is 0.338 e. The van der Waals surface area contributed by atoms with Crippen molar-refractivity contribution in [3.63, 3.8) is 0 Å². The van der Waals surface area contributed by atoms with Crippen LogP contribution in [0.2, 0.25) is 0 Å². The fourth-order valence-electron chi connectivity index (χ4n) is 3.04. The number of carbonyl (C=O) groups excluding carboxylic acids is 1. The first-order valence-corrected chi connectivity index (χ1v) is 10.8. The summed E-state index contributed by atoms with van der Waals surface area (Å²) in [6.07, 6.45) is 1.73. The van der Waals surface area contributed by atoms with Gasteiger partial charge in [-0.2, -0.15) is 0 Å². The van der Waals surface area contributed by atoms with Crippen molar-refractivity contribution in [1.29, 1.82) is 0 Å². The Morgan fingerprint density at radius 2 is 1.93 bits per heavy atom. The Hall–Kier alpha value is -2.22. The van der Waals surface area contributed by atoms with Gasteiger partial charge in [0.1, 0.15) is 6.61 Å². The van der Waals surface area contributed by atoms with Crippen LogP contribution in [0.3, 0.4) is 0 Å². The number of hydrogen-bond acceptors (Lipinski definition) is 5. The van der Waals surface area contributed by atoms with Gasteiger partial charge in [-0.25, -0.2) is 17.9 Å². The van der Waals surface area contributed by atoms with Gasteiger partial charge in [0.15, 0.2) is 0 Å². The predicted molar refractivity (Wildman–Crippen MR) is 106 cm³/mol. The van der Waals surface area contributed by atoms with Gasteiger partial charge in [-0.3, -0.25) is 0 Å². The summed E-state index contributed by atoms with van der Waals surface area (Å²) in [4.78, 5) is 12.4. The van der Waals surface area contributed by atoms with E-state index < -0.39 is 16.0 Å². The third-order valence-corrected chi connectivity index (χ3v) is 6.23. The molecule has 1 atom stereocenters. The zero-order chi connectivity index (χ0) is 20.1. The lowest BCUT2D eigenvalue weighted by molar-refractivity contribution is 0.0472. The molecule has 1 fully saturated rings. The third kappa shape index (κ3) is 5.19. The monoisotopic (exact) mass is 403 g/mol. The number of ether oxygens (including phenoxy) is 2. The van der Waals surface area contributed by atoms with E-state index in [1.807, 2.05) is 32.0 Å². The Labute approximate surface area is 165 Å². The fourth-order valence-corrected chi connectivity index (χ4v) is 4.11. The van der Waals surface area contributed by atoms with E-state index in [4.69, 9.17) is 9.47 Å². The lowest BCUT2D eigenvalue weighted by atomic mass is 10.1. The predicted octanol–water partition coefficient (Wildman–Crippen LogP) is 3.12. The van der Waals surface area contributed by atoms with Crippen LogP contribution >= 0.6 is 0 Å². The number of hydrogen-bond donors (Lipinski definition) is 1. The Kier molecular flexibility index (Phi) is 6.49. The van der Waals surface area contributed by atoms with Crippen LogP contribution in [0.15, 0.2) is 47.4 Å². The highest BCUT2D eigenvalue weighted by Gasteiger charge is 2.20. The maximum atomic E-state index is 12.4. The van der Waals surface area contributed by atoms with Gasteiger partial charge in [-0.1, -0.05) is 23.8 Å². The van der Waals surface area contributed by atoms with Crippen molar-refractivity contribution in [1.82, 2.24) is 4.72 Å². The Morgan fingerprint density at radius 1 is 1.18 bits per heavy atom. The average molecular weight is 404 g/mol. The van der Waals surface area contributed by atoms with Crippen LogP contribution in [0.4, 0.5) is 0 Å². The molecule has 0 aromatic heterocycles. The summed E-state index contributed by atoms with van der Waals surface area (Å²) < 4.78 is 38.1. The van der Waals surface area contributed by atoms with Crippen LogP contribution in [-0.4, -0.2) is 33.6 Å². The van der Waals surface area contributed by atoms with E-state index in [-0.39, 0.29) is 24.2 Å². The topological polar surface area (TPSA) is 81.7 Å². The molecule has 1 heterocycles. The first kappa shape index (κ1) is 20.5. The molecule has 0 bridgehead atoms. The first-order valence-electron chi connectivity index (χ1n) is 9.30. The van der Waals surface area contributed by atoms with E-state index in [9.17, 15) is 13.2 Å². The average Bonchev–Trinajstić information content (AvgIpc) is 3.21. The molecular weight excluding hydrogens is 378 g/mol. The van der Waals surface area contributed by atoms with Crippen LogP contribution in [-0.2, 0) is 26.1 Å². The molecule has 1 N–H and O–H groups in total. The standard InChI is InChI=1S/C21H25NO5S/c1-15-5-6-16(2)18(12-15)14-27-21(23)17-7-9-20(10-8-17)28(24,25)22-13-19-4-3-11-26-19/h5-10,12,19,22H,3-4,11,13-14H2,1-2H3. The molecule has 150 valence electrons. The fraction of sp³-hybridized carbons (Fsp3) is 0.381. The molecule has 2 aromatic carbocycles. The molecule has 0 aliphatic carbocycles. The van der Waals surface area contributed by atoms with Gasteiger partial charge in [0.25, 0.3) is 0 Å². The largest absolute Gasteiger partial charge is 0.457 e. The highest BCUT2D eigenvalue weighted by molar-refractivity contribution is 7.89. The summed E-state index contributed by atoms with van der Waals surface area (Å²) in [5.41, 5.74) is 3.41. The summed E-state index contributed by atoms with van der Waals surface area (Å²) in [5.74, 6) is -0.489.